The zero-order chi connectivity index (χ0) is 17.1. The lowest BCUT2D eigenvalue weighted by Crippen LogP contribution is -2.10. The van der Waals surface area contributed by atoms with Crippen LogP contribution in [0.2, 0.25) is 0 Å². The molecule has 0 aliphatic carbocycles. The summed E-state index contributed by atoms with van der Waals surface area (Å²) in [6, 6.07) is 21.2. The largest absolute Gasteiger partial charge is 0.398 e. The van der Waals surface area contributed by atoms with Crippen molar-refractivity contribution in [2.45, 2.75) is 0 Å². The van der Waals surface area contributed by atoms with Crippen molar-refractivity contribution < 1.29 is 9.59 Å². The zero-order valence-electron chi connectivity index (χ0n) is 12.7. The Balaban J connectivity index is 2.01. The number of halogens is 1. The van der Waals surface area contributed by atoms with Gasteiger partial charge in [-0.2, -0.15) is 0 Å². The van der Waals surface area contributed by atoms with E-state index in [9.17, 15) is 9.59 Å². The molecule has 0 aliphatic rings. The van der Waals surface area contributed by atoms with Crippen LogP contribution < -0.4 is 5.73 Å². The molecule has 2 N–H and O–H groups in total. The second-order valence-electron chi connectivity index (χ2n) is 5.31. The maximum atomic E-state index is 12.6. The number of carbonyl (C=O) groups excluding carboxylic acids is 2. The van der Waals surface area contributed by atoms with Crippen molar-refractivity contribution >= 4 is 39.8 Å². The van der Waals surface area contributed by atoms with Crippen LogP contribution in [0.1, 0.15) is 31.8 Å². The van der Waals surface area contributed by atoms with E-state index in [-0.39, 0.29) is 11.6 Å². The van der Waals surface area contributed by atoms with Crippen molar-refractivity contribution in [2.75, 3.05) is 5.73 Å². The number of nitrogens with two attached hydrogens (primary N) is 1. The van der Waals surface area contributed by atoms with Gasteiger partial charge in [-0.3, -0.25) is 9.59 Å². The first kappa shape index (κ1) is 16.4. The summed E-state index contributed by atoms with van der Waals surface area (Å²) in [5, 5.41) is 0. The van der Waals surface area contributed by atoms with Gasteiger partial charge in [0.25, 0.3) is 0 Å². The molecule has 3 nitrogen and oxygen atoms in total. The Bertz CT molecular complexity index is 828. The summed E-state index contributed by atoms with van der Waals surface area (Å²) in [5.41, 5.74) is 8.46. The predicted octanol–water partition coefficient (Wildman–Crippen LogP) is 4.34. The van der Waals surface area contributed by atoms with E-state index in [0.29, 0.717) is 31.5 Å². The molecule has 0 aromatic heterocycles. The zero-order valence-corrected chi connectivity index (χ0v) is 14.9. The molecule has 3 rings (SSSR count). The number of ketones is 2. The van der Waals surface area contributed by atoms with E-state index in [2.05, 4.69) is 22.6 Å². The molecule has 118 valence electrons. The lowest BCUT2D eigenvalue weighted by Gasteiger charge is -2.10. The highest BCUT2D eigenvalue weighted by Gasteiger charge is 2.18. The third kappa shape index (κ3) is 3.23. The van der Waals surface area contributed by atoms with Crippen LogP contribution in [0.15, 0.2) is 72.8 Å². The standard InChI is InChI=1S/C20H14INO2/c21-17-11-16(20(24)14-9-5-2-6-10-14)18(22)12-15(17)19(23)13-7-3-1-4-8-13/h1-12H,22H2. The second-order valence-corrected chi connectivity index (χ2v) is 6.47. The molecule has 0 bridgehead atoms. The monoisotopic (exact) mass is 427 g/mol. The van der Waals surface area contributed by atoms with Gasteiger partial charge in [0, 0.05) is 31.5 Å². The average molecular weight is 427 g/mol. The van der Waals surface area contributed by atoms with Gasteiger partial charge in [0.05, 0.1) is 0 Å². The quantitative estimate of drug-likeness (QED) is 0.383. The van der Waals surface area contributed by atoms with Gasteiger partial charge in [0.2, 0.25) is 0 Å². The summed E-state index contributed by atoms with van der Waals surface area (Å²) in [6.07, 6.45) is 0. The van der Waals surface area contributed by atoms with Gasteiger partial charge in [0.1, 0.15) is 0 Å². The second kappa shape index (κ2) is 6.97. The minimum atomic E-state index is -0.148. The van der Waals surface area contributed by atoms with Crippen molar-refractivity contribution in [3.8, 4) is 0 Å². The van der Waals surface area contributed by atoms with E-state index in [1.807, 2.05) is 36.4 Å². The van der Waals surface area contributed by atoms with Crippen LogP contribution in [-0.2, 0) is 0 Å². The SMILES string of the molecule is Nc1cc(C(=O)c2ccccc2)c(I)cc1C(=O)c1ccccc1. The molecule has 0 saturated heterocycles. The summed E-state index contributed by atoms with van der Waals surface area (Å²) in [4.78, 5) is 25.2. The fourth-order valence-electron chi connectivity index (χ4n) is 2.45. The van der Waals surface area contributed by atoms with Gasteiger partial charge in [-0.25, -0.2) is 0 Å². The summed E-state index contributed by atoms with van der Waals surface area (Å²) in [5.74, 6) is -0.255. The molecule has 0 radical (unpaired) electrons. The Hall–Kier alpha value is -2.47. The number of anilines is 1. The smallest absolute Gasteiger partial charge is 0.195 e. The fraction of sp³-hybridized carbons (Fsp3) is 0. The summed E-state index contributed by atoms with van der Waals surface area (Å²) < 4.78 is 0.704. The van der Waals surface area contributed by atoms with Crippen LogP contribution in [-0.4, -0.2) is 11.6 Å². The highest BCUT2D eigenvalue weighted by molar-refractivity contribution is 14.1. The van der Waals surface area contributed by atoms with Crippen molar-refractivity contribution in [3.05, 3.63) is 98.6 Å². The molecule has 3 aromatic carbocycles. The average Bonchev–Trinajstić information content (AvgIpc) is 2.63. The fourth-order valence-corrected chi connectivity index (χ4v) is 3.16. The van der Waals surface area contributed by atoms with Gasteiger partial charge in [0.15, 0.2) is 11.6 Å². The van der Waals surface area contributed by atoms with Gasteiger partial charge in [-0.1, -0.05) is 60.7 Å². The lowest BCUT2D eigenvalue weighted by atomic mass is 9.97. The molecule has 0 aliphatic heterocycles. The molecule has 3 aromatic rings. The van der Waals surface area contributed by atoms with Crippen molar-refractivity contribution in [1.29, 1.82) is 0 Å². The van der Waals surface area contributed by atoms with Gasteiger partial charge in [-0.15, -0.1) is 0 Å². The summed E-state index contributed by atoms with van der Waals surface area (Å²) in [6.45, 7) is 0. The third-order valence-electron chi connectivity index (χ3n) is 3.70. The molecular weight excluding hydrogens is 413 g/mol. The van der Waals surface area contributed by atoms with Gasteiger partial charge < -0.3 is 5.73 Å². The van der Waals surface area contributed by atoms with E-state index in [0.717, 1.165) is 0 Å². The maximum absolute atomic E-state index is 12.6. The van der Waals surface area contributed by atoms with Crippen LogP contribution in [0.3, 0.4) is 0 Å². The first-order valence-corrected chi connectivity index (χ1v) is 8.44. The molecule has 0 spiro atoms. The number of carbonyl (C=O) groups is 2. The molecule has 0 fully saturated rings. The molecule has 24 heavy (non-hydrogen) atoms. The Kier molecular flexibility index (Phi) is 4.76. The molecular formula is C20H14INO2. The van der Waals surface area contributed by atoms with Crippen LogP contribution in [0.4, 0.5) is 5.69 Å². The van der Waals surface area contributed by atoms with Crippen LogP contribution in [0, 0.1) is 3.57 Å². The Morgan fingerprint density at radius 2 is 1.17 bits per heavy atom. The molecule has 0 atom stereocenters. The van der Waals surface area contributed by atoms with Crippen molar-refractivity contribution in [2.24, 2.45) is 0 Å². The summed E-state index contributed by atoms with van der Waals surface area (Å²) in [7, 11) is 0. The molecule has 0 unspecified atom stereocenters. The van der Waals surface area contributed by atoms with E-state index >= 15 is 0 Å². The molecule has 0 amide bonds. The summed E-state index contributed by atoms with van der Waals surface area (Å²) >= 11 is 2.07. The first-order chi connectivity index (χ1) is 11.6. The van der Waals surface area contributed by atoms with E-state index < -0.39 is 0 Å². The topological polar surface area (TPSA) is 60.2 Å². The normalized spacial score (nSPS) is 10.4. The van der Waals surface area contributed by atoms with E-state index in [1.165, 1.54) is 0 Å². The highest BCUT2D eigenvalue weighted by Crippen LogP contribution is 2.25. The molecule has 0 saturated carbocycles. The number of benzene rings is 3. The molecule has 0 heterocycles. The number of hydrogen-bond donors (Lipinski definition) is 1. The minimum Gasteiger partial charge on any atom is -0.398 e. The third-order valence-corrected chi connectivity index (χ3v) is 4.59. The minimum absolute atomic E-state index is 0.106. The first-order valence-electron chi connectivity index (χ1n) is 7.36. The number of nitrogen functional groups attached to an aromatic ring is 1. The van der Waals surface area contributed by atoms with Gasteiger partial charge >= 0.3 is 0 Å². The highest BCUT2D eigenvalue weighted by atomic mass is 127. The van der Waals surface area contributed by atoms with Gasteiger partial charge in [-0.05, 0) is 34.7 Å². The van der Waals surface area contributed by atoms with Crippen molar-refractivity contribution in [1.82, 2.24) is 0 Å². The van der Waals surface area contributed by atoms with E-state index in [4.69, 9.17) is 5.73 Å². The van der Waals surface area contributed by atoms with Crippen molar-refractivity contribution in [3.63, 3.8) is 0 Å². The Labute approximate surface area is 153 Å². The number of hydrogen-bond acceptors (Lipinski definition) is 3. The lowest BCUT2D eigenvalue weighted by molar-refractivity contribution is 0.102. The van der Waals surface area contributed by atoms with Crippen LogP contribution in [0.25, 0.3) is 0 Å². The number of rotatable bonds is 4. The predicted molar refractivity (Wildman–Crippen MR) is 103 cm³/mol. The van der Waals surface area contributed by atoms with Crippen LogP contribution >= 0.6 is 22.6 Å². The molecule has 4 heteroatoms. The Morgan fingerprint density at radius 3 is 1.67 bits per heavy atom. The van der Waals surface area contributed by atoms with E-state index in [1.54, 1.807) is 36.4 Å². The Morgan fingerprint density at radius 1 is 0.708 bits per heavy atom. The maximum Gasteiger partial charge on any atom is 0.195 e. The van der Waals surface area contributed by atoms with Crippen LogP contribution in [0.5, 0.6) is 0 Å².